The molecule has 2 amide bonds. The fraction of sp³-hybridized carbons (Fsp3) is 0.235. The Balaban J connectivity index is 1.86. The Morgan fingerprint density at radius 3 is 2.18 bits per heavy atom. The number of amides is 2. The number of methoxy groups -OCH3 is 2. The van der Waals surface area contributed by atoms with Crippen molar-refractivity contribution < 1.29 is 27.5 Å². The standard InChI is InChI=1S/C34H36ClN3O6S/c1-24-14-17-28(18-15-24)45(41,42)38(30-21-27(43-3)16-19-32(30)44-4)23-33(39)37(22-26-12-8-9-13-29(26)35)31(34(40)36-2)20-25-10-6-5-7-11-25/h5-19,21,31H,20,22-23H2,1-4H3,(H,36,40)/t31-/m0/s1. The fourth-order valence-corrected chi connectivity index (χ4v) is 6.49. The normalized spacial score (nSPS) is 11.8. The summed E-state index contributed by atoms with van der Waals surface area (Å²) < 4.78 is 40.5. The van der Waals surface area contributed by atoms with Crippen molar-refractivity contribution >= 4 is 39.1 Å². The average molecular weight is 650 g/mol. The van der Waals surface area contributed by atoms with Gasteiger partial charge >= 0.3 is 0 Å². The molecule has 1 atom stereocenters. The molecule has 0 aromatic heterocycles. The molecule has 0 saturated carbocycles. The second kappa shape index (κ2) is 15.0. The van der Waals surface area contributed by atoms with Crippen LogP contribution in [0, 0.1) is 6.92 Å². The zero-order valence-electron chi connectivity index (χ0n) is 25.6. The van der Waals surface area contributed by atoms with Crippen LogP contribution in [0.4, 0.5) is 5.69 Å². The number of ether oxygens (including phenoxy) is 2. The van der Waals surface area contributed by atoms with Crippen molar-refractivity contribution in [2.45, 2.75) is 30.8 Å². The molecule has 4 rings (SSSR count). The molecule has 11 heteroatoms. The van der Waals surface area contributed by atoms with Crippen LogP contribution in [-0.4, -0.2) is 59.0 Å². The van der Waals surface area contributed by atoms with E-state index in [1.165, 1.54) is 44.4 Å². The third-order valence-corrected chi connectivity index (χ3v) is 9.50. The van der Waals surface area contributed by atoms with Crippen LogP contribution in [0.25, 0.3) is 0 Å². The van der Waals surface area contributed by atoms with Crippen LogP contribution in [0.1, 0.15) is 16.7 Å². The van der Waals surface area contributed by atoms with Gasteiger partial charge in [0.15, 0.2) is 0 Å². The summed E-state index contributed by atoms with van der Waals surface area (Å²) >= 11 is 6.52. The molecule has 45 heavy (non-hydrogen) atoms. The summed E-state index contributed by atoms with van der Waals surface area (Å²) in [6.45, 7) is 1.16. The number of carbonyl (C=O) groups excluding carboxylic acids is 2. The number of rotatable bonds is 13. The maximum atomic E-state index is 14.5. The van der Waals surface area contributed by atoms with Gasteiger partial charge in [-0.2, -0.15) is 0 Å². The molecule has 0 aliphatic carbocycles. The Kier molecular flexibility index (Phi) is 11.1. The van der Waals surface area contributed by atoms with Crippen molar-refractivity contribution in [1.82, 2.24) is 10.2 Å². The molecule has 0 unspecified atom stereocenters. The smallest absolute Gasteiger partial charge is 0.264 e. The molecule has 0 bridgehead atoms. The molecule has 1 N–H and O–H groups in total. The summed E-state index contributed by atoms with van der Waals surface area (Å²) in [5.41, 5.74) is 2.39. The molecule has 0 heterocycles. The van der Waals surface area contributed by atoms with E-state index in [-0.39, 0.29) is 29.3 Å². The van der Waals surface area contributed by atoms with Crippen molar-refractivity contribution in [2.75, 3.05) is 32.1 Å². The number of benzene rings is 4. The van der Waals surface area contributed by atoms with Crippen molar-refractivity contribution in [2.24, 2.45) is 0 Å². The Bertz CT molecular complexity index is 1730. The van der Waals surface area contributed by atoms with Gasteiger partial charge in [-0.25, -0.2) is 8.42 Å². The van der Waals surface area contributed by atoms with E-state index in [0.717, 1.165) is 15.4 Å². The van der Waals surface area contributed by atoms with Crippen molar-refractivity contribution in [1.29, 1.82) is 0 Å². The highest BCUT2D eigenvalue weighted by Gasteiger charge is 2.35. The number of likely N-dealkylation sites (N-methyl/N-ethyl adjacent to an activating group) is 1. The summed E-state index contributed by atoms with van der Waals surface area (Å²) in [5.74, 6) is -0.460. The first kappa shape index (κ1) is 33.4. The van der Waals surface area contributed by atoms with Crippen molar-refractivity contribution in [3.05, 3.63) is 119 Å². The van der Waals surface area contributed by atoms with Gasteiger partial charge in [-0.05, 0) is 48.4 Å². The van der Waals surface area contributed by atoms with Gasteiger partial charge in [0.2, 0.25) is 11.8 Å². The Morgan fingerprint density at radius 2 is 1.56 bits per heavy atom. The highest BCUT2D eigenvalue weighted by molar-refractivity contribution is 7.92. The first-order valence-electron chi connectivity index (χ1n) is 14.2. The summed E-state index contributed by atoms with van der Waals surface area (Å²) in [6, 6.07) is 26.3. The molecular weight excluding hydrogens is 614 g/mol. The van der Waals surface area contributed by atoms with Crippen LogP contribution < -0.4 is 19.1 Å². The first-order valence-corrected chi connectivity index (χ1v) is 16.0. The molecular formula is C34H36ClN3O6S. The summed E-state index contributed by atoms with van der Waals surface area (Å²) in [7, 11) is 0.0375. The maximum Gasteiger partial charge on any atom is 0.264 e. The molecule has 0 spiro atoms. The largest absolute Gasteiger partial charge is 0.497 e. The molecule has 0 aliphatic rings. The van der Waals surface area contributed by atoms with Crippen LogP contribution in [0.15, 0.2) is 102 Å². The third kappa shape index (κ3) is 7.95. The van der Waals surface area contributed by atoms with E-state index in [1.54, 1.807) is 48.5 Å². The van der Waals surface area contributed by atoms with Crippen LogP contribution in [0.3, 0.4) is 0 Å². The Labute approximate surface area is 269 Å². The van der Waals surface area contributed by atoms with E-state index < -0.39 is 34.4 Å². The third-order valence-electron chi connectivity index (χ3n) is 7.36. The van der Waals surface area contributed by atoms with Gasteiger partial charge in [0.1, 0.15) is 24.1 Å². The van der Waals surface area contributed by atoms with Crippen molar-refractivity contribution in [3.63, 3.8) is 0 Å². The Hall–Kier alpha value is -4.54. The van der Waals surface area contributed by atoms with Crippen molar-refractivity contribution in [3.8, 4) is 11.5 Å². The fourth-order valence-electron chi connectivity index (χ4n) is 4.87. The molecule has 4 aromatic rings. The number of hydrogen-bond donors (Lipinski definition) is 1. The molecule has 0 saturated heterocycles. The highest BCUT2D eigenvalue weighted by Crippen LogP contribution is 2.36. The number of anilines is 1. The second-order valence-corrected chi connectivity index (χ2v) is 12.6. The molecule has 0 fully saturated rings. The van der Waals surface area contributed by atoms with Crippen LogP contribution in [0.5, 0.6) is 11.5 Å². The van der Waals surface area contributed by atoms with E-state index >= 15 is 0 Å². The molecule has 0 aliphatic heterocycles. The maximum absolute atomic E-state index is 14.5. The van der Waals surface area contributed by atoms with Crippen LogP contribution in [0.2, 0.25) is 5.02 Å². The van der Waals surface area contributed by atoms with Gasteiger partial charge in [0.05, 0.1) is 24.8 Å². The number of halogens is 1. The predicted octanol–water partition coefficient (Wildman–Crippen LogP) is 5.25. The predicted molar refractivity (Wildman–Crippen MR) is 175 cm³/mol. The number of aryl methyl sites for hydroxylation is 1. The van der Waals surface area contributed by atoms with Gasteiger partial charge in [-0.1, -0.05) is 77.8 Å². The first-order chi connectivity index (χ1) is 21.6. The zero-order chi connectivity index (χ0) is 32.6. The van der Waals surface area contributed by atoms with E-state index in [9.17, 15) is 18.0 Å². The second-order valence-electron chi connectivity index (χ2n) is 10.3. The molecule has 236 valence electrons. The van der Waals surface area contributed by atoms with E-state index in [1.807, 2.05) is 37.3 Å². The zero-order valence-corrected chi connectivity index (χ0v) is 27.1. The van der Waals surface area contributed by atoms with E-state index in [4.69, 9.17) is 21.1 Å². The lowest BCUT2D eigenvalue weighted by Gasteiger charge is -2.34. The summed E-state index contributed by atoms with van der Waals surface area (Å²) in [4.78, 5) is 29.3. The number of sulfonamides is 1. The topological polar surface area (TPSA) is 105 Å². The minimum Gasteiger partial charge on any atom is -0.497 e. The monoisotopic (exact) mass is 649 g/mol. The van der Waals surface area contributed by atoms with E-state index in [2.05, 4.69) is 5.32 Å². The summed E-state index contributed by atoms with van der Waals surface area (Å²) in [6.07, 6.45) is 0.184. The number of carbonyl (C=O) groups is 2. The van der Waals surface area contributed by atoms with Gasteiger partial charge in [0, 0.05) is 31.1 Å². The SMILES string of the molecule is CNC(=O)[C@H](Cc1ccccc1)N(Cc1ccccc1Cl)C(=O)CN(c1cc(OC)ccc1OC)S(=O)(=O)c1ccc(C)cc1. The quantitative estimate of drug-likeness (QED) is 0.212. The van der Waals surface area contributed by atoms with E-state index in [0.29, 0.717) is 16.3 Å². The molecule has 9 nitrogen and oxygen atoms in total. The number of hydrogen-bond acceptors (Lipinski definition) is 6. The lowest BCUT2D eigenvalue weighted by Crippen LogP contribution is -2.53. The van der Waals surface area contributed by atoms with Gasteiger partial charge in [-0.3, -0.25) is 13.9 Å². The Morgan fingerprint density at radius 1 is 0.889 bits per heavy atom. The average Bonchev–Trinajstić information content (AvgIpc) is 3.05. The van der Waals surface area contributed by atoms with Gasteiger partial charge in [-0.15, -0.1) is 0 Å². The number of nitrogens with zero attached hydrogens (tertiary/aromatic N) is 2. The van der Waals surface area contributed by atoms with Gasteiger partial charge in [0.25, 0.3) is 10.0 Å². The lowest BCUT2D eigenvalue weighted by atomic mass is 10.0. The highest BCUT2D eigenvalue weighted by atomic mass is 35.5. The summed E-state index contributed by atoms with van der Waals surface area (Å²) in [5, 5.41) is 3.07. The number of nitrogens with one attached hydrogen (secondary N) is 1. The van der Waals surface area contributed by atoms with Crippen LogP contribution >= 0.6 is 11.6 Å². The lowest BCUT2D eigenvalue weighted by molar-refractivity contribution is -0.139. The minimum atomic E-state index is -4.32. The minimum absolute atomic E-state index is 0.0180. The molecule has 0 radical (unpaired) electrons. The van der Waals surface area contributed by atoms with Crippen LogP contribution in [-0.2, 0) is 32.6 Å². The molecule has 4 aromatic carbocycles. The van der Waals surface area contributed by atoms with Gasteiger partial charge < -0.3 is 19.7 Å².